The summed E-state index contributed by atoms with van der Waals surface area (Å²) < 4.78 is 9.10. The van der Waals surface area contributed by atoms with Gasteiger partial charge in [0.05, 0.1) is 17.0 Å². The SMILES string of the molecule is C1=CC2Oc3cc(-n4c5ccccc5c5c(-c6ccccc6)cccc54)ccc3C2C(c2nc(-c3ccccc3)nc(-c3ccccc3)n2)=C1. The minimum atomic E-state index is -0.166. The molecule has 1 aliphatic carbocycles. The van der Waals surface area contributed by atoms with Crippen LogP contribution in [0.2, 0.25) is 0 Å². The second kappa shape index (κ2) is 11.5. The van der Waals surface area contributed by atoms with Crippen LogP contribution in [0.25, 0.3) is 67.0 Å². The van der Waals surface area contributed by atoms with Gasteiger partial charge in [-0.15, -0.1) is 0 Å². The lowest BCUT2D eigenvalue weighted by Gasteiger charge is -2.22. The summed E-state index contributed by atoms with van der Waals surface area (Å²) in [6.45, 7) is 0. The van der Waals surface area contributed by atoms with Crippen LogP contribution in [-0.4, -0.2) is 25.6 Å². The van der Waals surface area contributed by atoms with Crippen molar-refractivity contribution in [2.45, 2.75) is 12.0 Å². The van der Waals surface area contributed by atoms with Crippen molar-refractivity contribution >= 4 is 27.4 Å². The Labute approximate surface area is 289 Å². The van der Waals surface area contributed by atoms with Gasteiger partial charge in [-0.1, -0.05) is 140 Å². The van der Waals surface area contributed by atoms with Gasteiger partial charge in [0, 0.05) is 44.8 Å². The molecule has 0 spiro atoms. The molecule has 0 bridgehead atoms. The highest BCUT2D eigenvalue weighted by molar-refractivity contribution is 6.15. The van der Waals surface area contributed by atoms with Crippen molar-refractivity contribution in [2.75, 3.05) is 0 Å². The number of fused-ring (bicyclic) bond motifs is 6. The summed E-state index contributed by atoms with van der Waals surface area (Å²) in [7, 11) is 0. The average Bonchev–Trinajstić information content (AvgIpc) is 3.74. The zero-order valence-corrected chi connectivity index (χ0v) is 27.0. The van der Waals surface area contributed by atoms with Crippen molar-refractivity contribution in [2.24, 2.45) is 0 Å². The van der Waals surface area contributed by atoms with Crippen molar-refractivity contribution in [3.63, 3.8) is 0 Å². The molecule has 0 N–H and O–H groups in total. The fourth-order valence-electron chi connectivity index (χ4n) is 7.59. The summed E-state index contributed by atoms with van der Waals surface area (Å²) in [5.74, 6) is 2.78. The quantitative estimate of drug-likeness (QED) is 0.187. The maximum atomic E-state index is 6.74. The van der Waals surface area contributed by atoms with Crippen LogP contribution >= 0.6 is 0 Å². The molecular formula is C45H30N4O. The van der Waals surface area contributed by atoms with Crippen LogP contribution in [-0.2, 0) is 0 Å². The smallest absolute Gasteiger partial charge is 0.164 e. The maximum absolute atomic E-state index is 6.74. The molecule has 2 aromatic heterocycles. The van der Waals surface area contributed by atoms with Gasteiger partial charge in [-0.3, -0.25) is 0 Å². The van der Waals surface area contributed by atoms with Gasteiger partial charge in [-0.2, -0.15) is 0 Å². The van der Waals surface area contributed by atoms with Crippen molar-refractivity contribution in [3.8, 4) is 45.3 Å². The van der Waals surface area contributed by atoms with Gasteiger partial charge in [0.25, 0.3) is 0 Å². The van der Waals surface area contributed by atoms with Crippen LogP contribution in [0, 0.1) is 0 Å². The molecule has 1 aliphatic heterocycles. The lowest BCUT2D eigenvalue weighted by atomic mass is 9.84. The van der Waals surface area contributed by atoms with E-state index in [2.05, 4.69) is 114 Å². The first-order chi connectivity index (χ1) is 24.8. The van der Waals surface area contributed by atoms with E-state index in [9.17, 15) is 0 Å². The van der Waals surface area contributed by atoms with E-state index in [1.165, 1.54) is 21.9 Å². The molecule has 10 rings (SSSR count). The first-order valence-corrected chi connectivity index (χ1v) is 16.9. The van der Waals surface area contributed by atoms with Gasteiger partial charge in [0.2, 0.25) is 0 Å². The van der Waals surface area contributed by atoms with Crippen LogP contribution < -0.4 is 4.74 Å². The second-order valence-corrected chi connectivity index (χ2v) is 12.7. The second-order valence-electron chi connectivity index (χ2n) is 12.7. The van der Waals surface area contributed by atoms with Gasteiger partial charge in [0.15, 0.2) is 17.5 Å². The molecule has 2 atom stereocenters. The number of ether oxygens (including phenoxy) is 1. The van der Waals surface area contributed by atoms with Crippen LogP contribution in [0.4, 0.5) is 0 Å². The molecule has 0 saturated carbocycles. The summed E-state index contributed by atoms with van der Waals surface area (Å²) in [5, 5.41) is 2.47. The Morgan fingerprint density at radius 3 is 1.88 bits per heavy atom. The topological polar surface area (TPSA) is 52.8 Å². The monoisotopic (exact) mass is 642 g/mol. The van der Waals surface area contributed by atoms with Crippen molar-refractivity contribution in [1.29, 1.82) is 0 Å². The number of benzene rings is 6. The number of para-hydroxylation sites is 1. The zero-order valence-electron chi connectivity index (χ0n) is 27.0. The predicted molar refractivity (Wildman–Crippen MR) is 201 cm³/mol. The summed E-state index contributed by atoms with van der Waals surface area (Å²) >= 11 is 0. The number of aromatic nitrogens is 4. The Kier molecular flexibility index (Phi) is 6.56. The number of allylic oxidation sites excluding steroid dienone is 2. The molecule has 0 radical (unpaired) electrons. The van der Waals surface area contributed by atoms with Crippen LogP contribution in [0.5, 0.6) is 5.75 Å². The molecule has 5 nitrogen and oxygen atoms in total. The minimum absolute atomic E-state index is 0.0541. The first-order valence-electron chi connectivity index (χ1n) is 16.9. The Morgan fingerprint density at radius 2 is 1.16 bits per heavy atom. The molecule has 0 saturated heterocycles. The lowest BCUT2D eigenvalue weighted by molar-refractivity contribution is 0.271. The molecule has 3 heterocycles. The summed E-state index contributed by atoms with van der Waals surface area (Å²) in [6.07, 6.45) is 6.16. The zero-order chi connectivity index (χ0) is 33.0. The van der Waals surface area contributed by atoms with Crippen molar-refractivity contribution in [1.82, 2.24) is 19.5 Å². The standard InChI is InChI=1S/C45H30N4O/c1-4-14-29(15-5-1)33-21-12-24-38-41(33)34-20-10-11-23-37(34)49(38)32-26-27-35-40(28-32)50-39-25-13-22-36(42(35)39)45-47-43(30-16-6-2-7-17-30)46-44(48-45)31-18-8-3-9-19-31/h1-28,39,42H. The summed E-state index contributed by atoms with van der Waals surface area (Å²) in [5.41, 5.74) is 9.86. The number of nitrogens with zero attached hydrogens (tertiary/aromatic N) is 4. The normalized spacial score (nSPS) is 16.2. The molecule has 2 unspecified atom stereocenters. The van der Waals surface area contributed by atoms with Crippen LogP contribution in [0.15, 0.2) is 170 Å². The Morgan fingerprint density at radius 1 is 0.540 bits per heavy atom. The molecule has 236 valence electrons. The molecule has 50 heavy (non-hydrogen) atoms. The van der Waals surface area contributed by atoms with E-state index in [1.54, 1.807) is 0 Å². The third kappa shape index (κ3) is 4.59. The number of hydrogen-bond donors (Lipinski definition) is 0. The lowest BCUT2D eigenvalue weighted by Crippen LogP contribution is -2.20. The van der Waals surface area contributed by atoms with E-state index in [-0.39, 0.29) is 12.0 Å². The van der Waals surface area contributed by atoms with Gasteiger partial charge >= 0.3 is 0 Å². The van der Waals surface area contributed by atoms with E-state index in [4.69, 9.17) is 19.7 Å². The minimum Gasteiger partial charge on any atom is -0.485 e. The van der Waals surface area contributed by atoms with Gasteiger partial charge < -0.3 is 9.30 Å². The molecule has 0 amide bonds. The Balaban J connectivity index is 1.10. The Hall–Kier alpha value is -6.59. The molecule has 2 aliphatic rings. The fourth-order valence-corrected chi connectivity index (χ4v) is 7.59. The van der Waals surface area contributed by atoms with E-state index >= 15 is 0 Å². The highest BCUT2D eigenvalue weighted by atomic mass is 16.5. The first kappa shape index (κ1) is 28.4. The highest BCUT2D eigenvalue weighted by Crippen LogP contribution is 2.49. The summed E-state index contributed by atoms with van der Waals surface area (Å²) in [4.78, 5) is 15.0. The van der Waals surface area contributed by atoms with E-state index in [0.717, 1.165) is 44.7 Å². The molecule has 0 fully saturated rings. The van der Waals surface area contributed by atoms with Gasteiger partial charge in [-0.05, 0) is 35.4 Å². The van der Waals surface area contributed by atoms with Gasteiger partial charge in [0.1, 0.15) is 11.9 Å². The largest absolute Gasteiger partial charge is 0.485 e. The predicted octanol–water partition coefficient (Wildman–Crippen LogP) is 10.5. The molecule has 5 heteroatoms. The number of hydrogen-bond acceptors (Lipinski definition) is 4. The van der Waals surface area contributed by atoms with Gasteiger partial charge in [-0.25, -0.2) is 15.0 Å². The Bertz CT molecular complexity index is 2570. The third-order valence-electron chi connectivity index (χ3n) is 9.83. The van der Waals surface area contributed by atoms with E-state index < -0.39 is 0 Å². The highest BCUT2D eigenvalue weighted by Gasteiger charge is 2.39. The average molecular weight is 643 g/mol. The summed E-state index contributed by atoms with van der Waals surface area (Å²) in [6, 6.07) is 52.8. The maximum Gasteiger partial charge on any atom is 0.164 e. The number of rotatable bonds is 5. The van der Waals surface area contributed by atoms with Crippen LogP contribution in [0.1, 0.15) is 17.3 Å². The van der Waals surface area contributed by atoms with Crippen molar-refractivity contribution in [3.05, 3.63) is 181 Å². The van der Waals surface area contributed by atoms with E-state index in [1.807, 2.05) is 60.7 Å². The molecule has 8 aromatic rings. The third-order valence-corrected chi connectivity index (χ3v) is 9.83. The molecule has 6 aromatic carbocycles. The van der Waals surface area contributed by atoms with E-state index in [0.29, 0.717) is 17.5 Å². The van der Waals surface area contributed by atoms with Crippen LogP contribution in [0.3, 0.4) is 0 Å². The van der Waals surface area contributed by atoms with Crippen molar-refractivity contribution < 1.29 is 4.74 Å². The molecular weight excluding hydrogens is 613 g/mol. The fraction of sp³-hybridized carbons (Fsp3) is 0.0444.